The second-order valence-corrected chi connectivity index (χ2v) is 5.31. The van der Waals surface area contributed by atoms with Gasteiger partial charge in [0, 0.05) is 24.6 Å². The van der Waals surface area contributed by atoms with Gasteiger partial charge in [-0.05, 0) is 38.9 Å². The van der Waals surface area contributed by atoms with Gasteiger partial charge in [0.15, 0.2) is 0 Å². The number of nitrogens with one attached hydrogen (secondary N) is 1. The van der Waals surface area contributed by atoms with Crippen LogP contribution >= 0.6 is 0 Å². The van der Waals surface area contributed by atoms with Crippen molar-refractivity contribution in [3.05, 3.63) is 23.3 Å². The Bertz CT molecular complexity index is 513. The Labute approximate surface area is 114 Å². The molecule has 1 N–H and O–H groups in total. The highest BCUT2D eigenvalue weighted by atomic mass is 16.5. The SMILES string of the molecule is CNC1(C)CCN(C(C)=O)c2c(OC)ccc(C)c21. The molecule has 1 atom stereocenters. The van der Waals surface area contributed by atoms with Crippen LogP contribution in [0.25, 0.3) is 0 Å². The van der Waals surface area contributed by atoms with Gasteiger partial charge >= 0.3 is 0 Å². The van der Waals surface area contributed by atoms with Crippen molar-refractivity contribution in [2.75, 3.05) is 25.6 Å². The average Bonchev–Trinajstić information content (AvgIpc) is 2.39. The molecule has 0 aliphatic carbocycles. The molecule has 1 aromatic carbocycles. The molecule has 0 saturated heterocycles. The molecule has 2 rings (SSSR count). The summed E-state index contributed by atoms with van der Waals surface area (Å²) < 4.78 is 5.46. The van der Waals surface area contributed by atoms with E-state index < -0.39 is 0 Å². The zero-order chi connectivity index (χ0) is 14.2. The maximum Gasteiger partial charge on any atom is 0.223 e. The summed E-state index contributed by atoms with van der Waals surface area (Å²) in [7, 11) is 3.61. The minimum atomic E-state index is -0.125. The fourth-order valence-corrected chi connectivity index (χ4v) is 2.94. The molecular weight excluding hydrogens is 240 g/mol. The number of hydrogen-bond donors (Lipinski definition) is 1. The minimum Gasteiger partial charge on any atom is -0.495 e. The van der Waals surface area contributed by atoms with Crippen LogP contribution < -0.4 is 15.0 Å². The summed E-state index contributed by atoms with van der Waals surface area (Å²) in [5.41, 5.74) is 3.13. The molecule has 19 heavy (non-hydrogen) atoms. The highest BCUT2D eigenvalue weighted by Crippen LogP contribution is 2.45. The first kappa shape index (κ1) is 13.9. The van der Waals surface area contributed by atoms with Crippen molar-refractivity contribution < 1.29 is 9.53 Å². The summed E-state index contributed by atoms with van der Waals surface area (Å²) in [6.45, 7) is 6.57. The number of aryl methyl sites for hydroxylation is 1. The van der Waals surface area contributed by atoms with Crippen LogP contribution in [0.1, 0.15) is 31.4 Å². The van der Waals surface area contributed by atoms with E-state index in [1.165, 1.54) is 5.56 Å². The van der Waals surface area contributed by atoms with Gasteiger partial charge in [0.1, 0.15) is 5.75 Å². The summed E-state index contributed by atoms with van der Waals surface area (Å²) in [5, 5.41) is 3.39. The summed E-state index contributed by atoms with van der Waals surface area (Å²) in [6, 6.07) is 3.99. The second kappa shape index (κ2) is 4.85. The minimum absolute atomic E-state index is 0.0586. The second-order valence-electron chi connectivity index (χ2n) is 5.31. The fraction of sp³-hybridized carbons (Fsp3) is 0.533. The van der Waals surface area contributed by atoms with Gasteiger partial charge in [-0.25, -0.2) is 0 Å². The van der Waals surface area contributed by atoms with E-state index in [1.54, 1.807) is 14.0 Å². The predicted molar refractivity (Wildman–Crippen MR) is 76.8 cm³/mol. The van der Waals surface area contributed by atoms with Gasteiger partial charge in [0.05, 0.1) is 12.8 Å². The lowest BCUT2D eigenvalue weighted by molar-refractivity contribution is -0.116. The molecule has 1 amide bonds. The Hall–Kier alpha value is -1.55. The van der Waals surface area contributed by atoms with Crippen LogP contribution in [0.5, 0.6) is 5.75 Å². The maximum atomic E-state index is 11.9. The van der Waals surface area contributed by atoms with E-state index in [2.05, 4.69) is 25.2 Å². The molecule has 104 valence electrons. The molecule has 1 aliphatic rings. The Kier molecular flexibility index (Phi) is 3.54. The average molecular weight is 262 g/mol. The molecule has 0 spiro atoms. The number of nitrogens with zero attached hydrogens (tertiary/aromatic N) is 1. The van der Waals surface area contributed by atoms with Crippen LogP contribution in [0.15, 0.2) is 12.1 Å². The number of benzene rings is 1. The molecule has 0 saturated carbocycles. The molecule has 1 heterocycles. The van der Waals surface area contributed by atoms with E-state index >= 15 is 0 Å². The van der Waals surface area contributed by atoms with E-state index in [4.69, 9.17) is 4.74 Å². The van der Waals surface area contributed by atoms with Crippen LogP contribution in [0.3, 0.4) is 0 Å². The third-order valence-electron chi connectivity index (χ3n) is 4.16. The molecule has 0 bridgehead atoms. The molecule has 4 nitrogen and oxygen atoms in total. The third-order valence-corrected chi connectivity index (χ3v) is 4.16. The van der Waals surface area contributed by atoms with Crippen molar-refractivity contribution >= 4 is 11.6 Å². The maximum absolute atomic E-state index is 11.9. The third kappa shape index (κ3) is 2.10. The van der Waals surface area contributed by atoms with Crippen molar-refractivity contribution in [2.45, 2.75) is 32.7 Å². The zero-order valence-corrected chi connectivity index (χ0v) is 12.3. The summed E-state index contributed by atoms with van der Waals surface area (Å²) in [5.74, 6) is 0.820. The molecular formula is C15H22N2O2. The first-order valence-electron chi connectivity index (χ1n) is 6.59. The number of methoxy groups -OCH3 is 1. The number of anilines is 1. The van der Waals surface area contributed by atoms with Crippen molar-refractivity contribution in [3.63, 3.8) is 0 Å². The largest absolute Gasteiger partial charge is 0.495 e. The Morgan fingerprint density at radius 2 is 2.16 bits per heavy atom. The monoisotopic (exact) mass is 262 g/mol. The number of amides is 1. The first-order valence-corrected chi connectivity index (χ1v) is 6.59. The fourth-order valence-electron chi connectivity index (χ4n) is 2.94. The number of fused-ring (bicyclic) bond motifs is 1. The highest BCUT2D eigenvalue weighted by molar-refractivity contribution is 5.95. The molecule has 1 aromatic rings. The molecule has 4 heteroatoms. The van der Waals surface area contributed by atoms with Crippen LogP contribution in [0.4, 0.5) is 5.69 Å². The normalized spacial score (nSPS) is 22.1. The first-order chi connectivity index (χ1) is 8.94. The van der Waals surface area contributed by atoms with E-state index in [-0.39, 0.29) is 11.4 Å². The summed E-state index contributed by atoms with van der Waals surface area (Å²) >= 11 is 0. The van der Waals surface area contributed by atoms with Gasteiger partial charge in [0.25, 0.3) is 0 Å². The molecule has 1 aliphatic heterocycles. The van der Waals surface area contributed by atoms with Gasteiger partial charge in [-0.2, -0.15) is 0 Å². The number of rotatable bonds is 2. The van der Waals surface area contributed by atoms with Crippen LogP contribution in [-0.4, -0.2) is 26.6 Å². The van der Waals surface area contributed by atoms with Gasteiger partial charge < -0.3 is 15.0 Å². The van der Waals surface area contributed by atoms with Gasteiger partial charge in [-0.15, -0.1) is 0 Å². The van der Waals surface area contributed by atoms with E-state index in [0.29, 0.717) is 6.54 Å². The van der Waals surface area contributed by atoms with E-state index in [1.807, 2.05) is 18.0 Å². The topological polar surface area (TPSA) is 41.6 Å². The zero-order valence-electron chi connectivity index (χ0n) is 12.3. The molecule has 0 aromatic heterocycles. The smallest absolute Gasteiger partial charge is 0.223 e. The van der Waals surface area contributed by atoms with Crippen LogP contribution in [-0.2, 0) is 10.3 Å². The number of ether oxygens (including phenoxy) is 1. The summed E-state index contributed by atoms with van der Waals surface area (Å²) in [4.78, 5) is 13.7. The number of carbonyl (C=O) groups excluding carboxylic acids is 1. The Morgan fingerprint density at radius 1 is 1.47 bits per heavy atom. The molecule has 0 fully saturated rings. The number of hydrogen-bond acceptors (Lipinski definition) is 3. The van der Waals surface area contributed by atoms with Crippen molar-refractivity contribution in [2.24, 2.45) is 0 Å². The molecule has 1 unspecified atom stereocenters. The number of carbonyl (C=O) groups is 1. The highest BCUT2D eigenvalue weighted by Gasteiger charge is 2.38. The summed E-state index contributed by atoms with van der Waals surface area (Å²) in [6.07, 6.45) is 0.893. The lowest BCUT2D eigenvalue weighted by atomic mass is 9.81. The van der Waals surface area contributed by atoms with E-state index in [0.717, 1.165) is 23.4 Å². The van der Waals surface area contributed by atoms with E-state index in [9.17, 15) is 4.79 Å². The van der Waals surface area contributed by atoms with Crippen LogP contribution in [0.2, 0.25) is 0 Å². The van der Waals surface area contributed by atoms with Crippen molar-refractivity contribution in [1.29, 1.82) is 0 Å². The van der Waals surface area contributed by atoms with Crippen LogP contribution in [0, 0.1) is 6.92 Å². The Balaban J connectivity index is 2.73. The Morgan fingerprint density at radius 3 is 2.68 bits per heavy atom. The van der Waals surface area contributed by atoms with Gasteiger partial charge in [-0.3, -0.25) is 4.79 Å². The molecule has 0 radical (unpaired) electrons. The lowest BCUT2D eigenvalue weighted by Crippen LogP contribution is -2.48. The van der Waals surface area contributed by atoms with Gasteiger partial charge in [0.2, 0.25) is 5.91 Å². The standard InChI is InChI=1S/C15H22N2O2/c1-10-6-7-12(19-5)14-13(10)15(3,16-4)8-9-17(14)11(2)18/h6-7,16H,8-9H2,1-5H3. The van der Waals surface area contributed by atoms with Crippen molar-refractivity contribution in [1.82, 2.24) is 5.32 Å². The van der Waals surface area contributed by atoms with Gasteiger partial charge in [-0.1, -0.05) is 6.07 Å². The lowest BCUT2D eigenvalue weighted by Gasteiger charge is -2.42. The predicted octanol–water partition coefficient (Wildman–Crippen LogP) is 2.19. The quantitative estimate of drug-likeness (QED) is 0.888. The van der Waals surface area contributed by atoms with Crippen molar-refractivity contribution in [3.8, 4) is 5.75 Å².